The number of ether oxygens (including phenoxy) is 1. The Morgan fingerprint density at radius 3 is 2.81 bits per heavy atom. The molecule has 0 aliphatic carbocycles. The fraction of sp³-hybridized carbons (Fsp3) is 0.562. The predicted molar refractivity (Wildman–Crippen MR) is 84.9 cm³/mol. The van der Waals surface area contributed by atoms with Crippen LogP contribution in [0.3, 0.4) is 0 Å². The van der Waals surface area contributed by atoms with Gasteiger partial charge in [-0.15, -0.1) is 0 Å². The fourth-order valence-electron chi connectivity index (χ4n) is 2.49. The van der Waals surface area contributed by atoms with Crippen LogP contribution in [0, 0.1) is 12.3 Å². The van der Waals surface area contributed by atoms with E-state index in [4.69, 9.17) is 16.3 Å². The monoisotopic (exact) mass is 310 g/mol. The van der Waals surface area contributed by atoms with Crippen LogP contribution in [0.25, 0.3) is 0 Å². The molecule has 0 bridgehead atoms. The van der Waals surface area contributed by atoms with Crippen molar-refractivity contribution >= 4 is 17.5 Å². The average molecular weight is 311 g/mol. The lowest BCUT2D eigenvalue weighted by molar-refractivity contribution is -0.123. The summed E-state index contributed by atoms with van der Waals surface area (Å²) in [7, 11) is 0. The Kier molecular flexibility index (Phi) is 5.48. The molecule has 0 radical (unpaired) electrons. The third-order valence-electron chi connectivity index (χ3n) is 4.02. The van der Waals surface area contributed by atoms with Crippen LogP contribution >= 0.6 is 11.6 Å². The van der Waals surface area contributed by atoms with Crippen molar-refractivity contribution in [3.8, 4) is 5.75 Å². The van der Waals surface area contributed by atoms with E-state index in [1.165, 1.54) is 0 Å². The maximum Gasteiger partial charge on any atom is 0.257 e. The minimum absolute atomic E-state index is 0.0385. The smallest absolute Gasteiger partial charge is 0.257 e. The first kappa shape index (κ1) is 16.1. The number of halogens is 1. The highest BCUT2D eigenvalue weighted by molar-refractivity contribution is 6.30. The lowest BCUT2D eigenvalue weighted by atomic mass is 9.81. The molecule has 116 valence electrons. The highest BCUT2D eigenvalue weighted by Crippen LogP contribution is 2.26. The first-order chi connectivity index (χ1) is 9.98. The van der Waals surface area contributed by atoms with Crippen LogP contribution in [0.1, 0.15) is 25.3 Å². The third kappa shape index (κ3) is 4.90. The molecular formula is C16H23ClN2O2. The van der Waals surface area contributed by atoms with E-state index in [1.54, 1.807) is 12.1 Å². The quantitative estimate of drug-likeness (QED) is 0.878. The topological polar surface area (TPSA) is 50.4 Å². The van der Waals surface area contributed by atoms with Crippen LogP contribution in [0.4, 0.5) is 0 Å². The van der Waals surface area contributed by atoms with Crippen molar-refractivity contribution in [1.29, 1.82) is 0 Å². The first-order valence-electron chi connectivity index (χ1n) is 7.35. The number of aryl methyl sites for hydroxylation is 1. The lowest BCUT2D eigenvalue weighted by Gasteiger charge is -2.34. The largest absolute Gasteiger partial charge is 0.484 e. The molecule has 4 nitrogen and oxygen atoms in total. The highest BCUT2D eigenvalue weighted by Gasteiger charge is 2.26. The summed E-state index contributed by atoms with van der Waals surface area (Å²) in [6.07, 6.45) is 2.18. The Morgan fingerprint density at radius 2 is 2.14 bits per heavy atom. The molecule has 1 aliphatic rings. The van der Waals surface area contributed by atoms with Crippen LogP contribution in [-0.2, 0) is 4.79 Å². The van der Waals surface area contributed by atoms with E-state index < -0.39 is 0 Å². The second-order valence-electron chi connectivity index (χ2n) is 6.04. The molecule has 1 amide bonds. The van der Waals surface area contributed by atoms with E-state index in [2.05, 4.69) is 17.6 Å². The van der Waals surface area contributed by atoms with Gasteiger partial charge < -0.3 is 15.4 Å². The minimum atomic E-state index is -0.0795. The van der Waals surface area contributed by atoms with Gasteiger partial charge in [0.1, 0.15) is 5.75 Å². The summed E-state index contributed by atoms with van der Waals surface area (Å²) in [5, 5.41) is 6.98. The van der Waals surface area contributed by atoms with Gasteiger partial charge in [0.05, 0.1) is 0 Å². The van der Waals surface area contributed by atoms with Gasteiger partial charge in [-0.1, -0.05) is 18.5 Å². The molecule has 0 saturated carbocycles. The highest BCUT2D eigenvalue weighted by atomic mass is 35.5. The van der Waals surface area contributed by atoms with Crippen molar-refractivity contribution in [1.82, 2.24) is 10.6 Å². The van der Waals surface area contributed by atoms with Crippen LogP contribution in [-0.4, -0.2) is 32.1 Å². The standard InChI is InChI=1S/C16H23ClN2O2/c1-12-9-13(17)3-4-14(12)21-10-15(20)19-11-16(2)5-7-18-8-6-16/h3-4,9,18H,5-8,10-11H2,1-2H3,(H,19,20). The number of piperidine rings is 1. The van der Waals surface area contributed by atoms with Crippen molar-refractivity contribution in [2.24, 2.45) is 5.41 Å². The van der Waals surface area contributed by atoms with Gasteiger partial charge in [-0.3, -0.25) is 4.79 Å². The third-order valence-corrected chi connectivity index (χ3v) is 4.25. The molecule has 2 N–H and O–H groups in total. The molecule has 1 aromatic carbocycles. The van der Waals surface area contributed by atoms with Gasteiger partial charge in [0, 0.05) is 11.6 Å². The lowest BCUT2D eigenvalue weighted by Crippen LogP contribution is -2.43. The zero-order valence-corrected chi connectivity index (χ0v) is 13.4. The van der Waals surface area contributed by atoms with Crippen LogP contribution in [0.15, 0.2) is 18.2 Å². The summed E-state index contributed by atoms with van der Waals surface area (Å²) in [6.45, 7) is 6.92. The van der Waals surface area contributed by atoms with Crippen molar-refractivity contribution < 1.29 is 9.53 Å². The molecule has 1 saturated heterocycles. The van der Waals surface area contributed by atoms with Gasteiger partial charge >= 0.3 is 0 Å². The summed E-state index contributed by atoms with van der Waals surface area (Å²) in [5.74, 6) is 0.617. The predicted octanol–water partition coefficient (Wildman–Crippen LogP) is 2.53. The molecule has 0 atom stereocenters. The normalized spacial score (nSPS) is 17.3. The van der Waals surface area contributed by atoms with Gasteiger partial charge in [0.15, 0.2) is 6.61 Å². The zero-order valence-electron chi connectivity index (χ0n) is 12.7. The van der Waals surface area contributed by atoms with E-state index in [1.807, 2.05) is 13.0 Å². The van der Waals surface area contributed by atoms with E-state index in [-0.39, 0.29) is 17.9 Å². The van der Waals surface area contributed by atoms with E-state index in [9.17, 15) is 4.79 Å². The van der Waals surface area contributed by atoms with Crippen molar-refractivity contribution in [3.63, 3.8) is 0 Å². The SMILES string of the molecule is Cc1cc(Cl)ccc1OCC(=O)NCC1(C)CCNCC1. The first-order valence-corrected chi connectivity index (χ1v) is 7.73. The number of hydrogen-bond acceptors (Lipinski definition) is 3. The second kappa shape index (κ2) is 7.14. The Bertz CT molecular complexity index is 499. The van der Waals surface area contributed by atoms with E-state index >= 15 is 0 Å². The summed E-state index contributed by atoms with van der Waals surface area (Å²) in [6, 6.07) is 5.38. The summed E-state index contributed by atoms with van der Waals surface area (Å²) in [4.78, 5) is 11.9. The summed E-state index contributed by atoms with van der Waals surface area (Å²) in [5.41, 5.74) is 1.12. The molecule has 5 heteroatoms. The van der Waals surface area contributed by atoms with Crippen molar-refractivity contribution in [2.75, 3.05) is 26.2 Å². The number of benzene rings is 1. The molecule has 1 fully saturated rings. The van der Waals surface area contributed by atoms with Gasteiger partial charge in [-0.05, 0) is 62.0 Å². The van der Waals surface area contributed by atoms with Crippen LogP contribution < -0.4 is 15.4 Å². The van der Waals surface area contributed by atoms with Gasteiger partial charge in [-0.25, -0.2) is 0 Å². The average Bonchev–Trinajstić information content (AvgIpc) is 2.45. The molecule has 1 aromatic rings. The number of amides is 1. The van der Waals surface area contributed by atoms with Gasteiger partial charge in [0.25, 0.3) is 5.91 Å². The van der Waals surface area contributed by atoms with Crippen LogP contribution in [0.5, 0.6) is 5.75 Å². The maximum absolute atomic E-state index is 11.9. The molecule has 21 heavy (non-hydrogen) atoms. The van der Waals surface area contributed by atoms with Crippen molar-refractivity contribution in [3.05, 3.63) is 28.8 Å². The molecule has 1 heterocycles. The van der Waals surface area contributed by atoms with Gasteiger partial charge in [-0.2, -0.15) is 0 Å². The summed E-state index contributed by atoms with van der Waals surface area (Å²) >= 11 is 5.89. The summed E-state index contributed by atoms with van der Waals surface area (Å²) < 4.78 is 5.54. The van der Waals surface area contributed by atoms with Gasteiger partial charge in [0.2, 0.25) is 0 Å². The molecule has 0 unspecified atom stereocenters. The Morgan fingerprint density at radius 1 is 1.43 bits per heavy atom. The van der Waals surface area contributed by atoms with E-state index in [0.29, 0.717) is 17.3 Å². The second-order valence-corrected chi connectivity index (χ2v) is 6.47. The van der Waals surface area contributed by atoms with Crippen LogP contribution in [0.2, 0.25) is 5.02 Å². The van der Waals surface area contributed by atoms with Crippen molar-refractivity contribution in [2.45, 2.75) is 26.7 Å². The Balaban J connectivity index is 1.77. The fourth-order valence-corrected chi connectivity index (χ4v) is 2.71. The minimum Gasteiger partial charge on any atom is -0.484 e. The maximum atomic E-state index is 11.9. The zero-order chi connectivity index (χ0) is 15.3. The number of carbonyl (C=O) groups is 1. The molecule has 0 spiro atoms. The molecule has 0 aromatic heterocycles. The molecule has 1 aliphatic heterocycles. The van der Waals surface area contributed by atoms with E-state index in [0.717, 1.165) is 31.5 Å². The number of rotatable bonds is 5. The molecule has 2 rings (SSSR count). The number of carbonyl (C=O) groups excluding carboxylic acids is 1. The molecular weight excluding hydrogens is 288 g/mol. The Hall–Kier alpha value is -1.26. The number of nitrogens with one attached hydrogen (secondary N) is 2. The Labute approximate surface area is 131 Å². The number of hydrogen-bond donors (Lipinski definition) is 2.